The first-order valence-corrected chi connectivity index (χ1v) is 9.50. The second-order valence-electron chi connectivity index (χ2n) is 7.15. The van der Waals surface area contributed by atoms with Gasteiger partial charge in [0.05, 0.1) is 11.1 Å². The average molecular weight is 367 g/mol. The monoisotopic (exact) mass is 367 g/mol. The van der Waals surface area contributed by atoms with E-state index in [1.54, 1.807) is 24.3 Å². The first-order chi connectivity index (χ1) is 13.1. The van der Waals surface area contributed by atoms with Gasteiger partial charge >= 0.3 is 5.97 Å². The zero-order chi connectivity index (χ0) is 19.2. The van der Waals surface area contributed by atoms with Crippen molar-refractivity contribution in [2.24, 2.45) is 5.92 Å². The predicted molar refractivity (Wildman–Crippen MR) is 105 cm³/mol. The van der Waals surface area contributed by atoms with Gasteiger partial charge in [-0.15, -0.1) is 0 Å². The summed E-state index contributed by atoms with van der Waals surface area (Å²) in [6.45, 7) is 0.856. The molecule has 0 aromatic heterocycles. The second-order valence-corrected chi connectivity index (χ2v) is 7.15. The number of benzene rings is 2. The van der Waals surface area contributed by atoms with Crippen molar-refractivity contribution >= 4 is 17.4 Å². The molecule has 1 aliphatic rings. The Morgan fingerprint density at radius 1 is 0.926 bits per heavy atom. The molecular formula is C22H25NO4. The minimum Gasteiger partial charge on any atom is -0.507 e. The van der Waals surface area contributed by atoms with Crippen LogP contribution < -0.4 is 5.32 Å². The smallest absolute Gasteiger partial charge is 0.336 e. The van der Waals surface area contributed by atoms with E-state index in [0.29, 0.717) is 5.92 Å². The van der Waals surface area contributed by atoms with Gasteiger partial charge < -0.3 is 15.5 Å². The third-order valence-corrected chi connectivity index (χ3v) is 5.21. The van der Waals surface area contributed by atoms with Crippen LogP contribution in [0.2, 0.25) is 0 Å². The van der Waals surface area contributed by atoms with E-state index >= 15 is 0 Å². The summed E-state index contributed by atoms with van der Waals surface area (Å²) in [5.41, 5.74) is 0.862. The molecule has 1 saturated carbocycles. The van der Waals surface area contributed by atoms with Gasteiger partial charge in [-0.3, -0.25) is 4.79 Å². The van der Waals surface area contributed by atoms with Crippen LogP contribution in [-0.4, -0.2) is 28.5 Å². The Labute approximate surface area is 159 Å². The van der Waals surface area contributed by atoms with Gasteiger partial charge in [-0.2, -0.15) is 0 Å². The molecule has 2 aromatic rings. The lowest BCUT2D eigenvalue weighted by Crippen LogP contribution is -2.14. The molecule has 27 heavy (non-hydrogen) atoms. The van der Waals surface area contributed by atoms with Crippen molar-refractivity contribution < 1.29 is 19.8 Å². The minimum atomic E-state index is -1.17. The quantitative estimate of drug-likeness (QED) is 0.509. The highest BCUT2D eigenvalue weighted by Crippen LogP contribution is 2.27. The highest BCUT2D eigenvalue weighted by Gasteiger charge is 2.20. The van der Waals surface area contributed by atoms with Gasteiger partial charge in [0.2, 0.25) is 0 Å². The number of rotatable bonds is 6. The van der Waals surface area contributed by atoms with Gasteiger partial charge in [0.1, 0.15) is 5.75 Å². The molecule has 0 bridgehead atoms. The number of anilines is 1. The van der Waals surface area contributed by atoms with E-state index in [9.17, 15) is 19.8 Å². The summed E-state index contributed by atoms with van der Waals surface area (Å²) in [6.07, 6.45) is 7.61. The van der Waals surface area contributed by atoms with Crippen LogP contribution in [0.4, 0.5) is 5.69 Å². The van der Waals surface area contributed by atoms with E-state index in [1.807, 2.05) is 0 Å². The summed E-state index contributed by atoms with van der Waals surface area (Å²) in [7, 11) is 0. The number of phenols is 1. The van der Waals surface area contributed by atoms with Gasteiger partial charge in [-0.25, -0.2) is 4.79 Å². The fourth-order valence-electron chi connectivity index (χ4n) is 3.68. The molecule has 142 valence electrons. The largest absolute Gasteiger partial charge is 0.507 e. The molecule has 3 rings (SSSR count). The number of nitrogens with one attached hydrogen (secondary N) is 1. The van der Waals surface area contributed by atoms with Crippen LogP contribution in [0.1, 0.15) is 64.8 Å². The third-order valence-electron chi connectivity index (χ3n) is 5.21. The molecule has 0 radical (unpaired) electrons. The van der Waals surface area contributed by atoms with E-state index in [-0.39, 0.29) is 22.4 Å². The maximum Gasteiger partial charge on any atom is 0.336 e. The molecule has 5 nitrogen and oxygen atoms in total. The highest BCUT2D eigenvalue weighted by molar-refractivity contribution is 6.15. The van der Waals surface area contributed by atoms with E-state index < -0.39 is 11.8 Å². The number of hydrogen-bond donors (Lipinski definition) is 3. The lowest BCUT2D eigenvalue weighted by molar-refractivity contribution is 0.0692. The molecule has 1 fully saturated rings. The molecule has 0 unspecified atom stereocenters. The van der Waals surface area contributed by atoms with Gasteiger partial charge in [0, 0.05) is 23.9 Å². The van der Waals surface area contributed by atoms with Crippen LogP contribution in [0.3, 0.4) is 0 Å². The Bertz CT molecular complexity index is 823. The number of aromatic hydroxyl groups is 1. The Hall–Kier alpha value is -2.82. The maximum absolute atomic E-state index is 12.7. The first kappa shape index (κ1) is 19.0. The summed E-state index contributed by atoms with van der Waals surface area (Å²) in [6, 6.07) is 10.9. The fourth-order valence-corrected chi connectivity index (χ4v) is 3.68. The normalized spacial score (nSPS) is 15.1. The van der Waals surface area contributed by atoms with Gasteiger partial charge in [0.15, 0.2) is 5.78 Å². The Balaban J connectivity index is 1.73. The Kier molecular flexibility index (Phi) is 6.12. The van der Waals surface area contributed by atoms with Crippen LogP contribution in [0, 0.1) is 5.92 Å². The van der Waals surface area contributed by atoms with Crippen molar-refractivity contribution in [2.45, 2.75) is 38.5 Å². The predicted octanol–water partition coefficient (Wildman–Crippen LogP) is 4.70. The Morgan fingerprint density at radius 3 is 2.22 bits per heavy atom. The van der Waals surface area contributed by atoms with Crippen molar-refractivity contribution in [1.82, 2.24) is 0 Å². The second kappa shape index (κ2) is 8.71. The van der Waals surface area contributed by atoms with Crippen molar-refractivity contribution in [1.29, 1.82) is 0 Å². The topological polar surface area (TPSA) is 86.6 Å². The number of carboxylic acids is 1. The number of phenolic OH excluding ortho intramolecular Hbond substituents is 1. The molecule has 0 saturated heterocycles. The lowest BCUT2D eigenvalue weighted by atomic mass is 9.97. The number of carboxylic acid groups (broad SMARTS) is 1. The molecule has 5 heteroatoms. The third kappa shape index (κ3) is 4.67. The number of aromatic carboxylic acids is 1. The summed E-state index contributed by atoms with van der Waals surface area (Å²) >= 11 is 0. The summed E-state index contributed by atoms with van der Waals surface area (Å²) < 4.78 is 0. The number of ketones is 1. The zero-order valence-corrected chi connectivity index (χ0v) is 15.3. The highest BCUT2D eigenvalue weighted by atomic mass is 16.4. The Morgan fingerprint density at radius 2 is 1.59 bits per heavy atom. The van der Waals surface area contributed by atoms with Crippen LogP contribution in [0.5, 0.6) is 5.75 Å². The van der Waals surface area contributed by atoms with Crippen LogP contribution in [-0.2, 0) is 0 Å². The standard InChI is InChI=1S/C22H25NO4/c24-20-13-16(23-14-15-7-3-1-2-4-8-15)11-12-19(20)21(25)17-9-5-6-10-18(17)22(26)27/h5-6,9-13,15,23-24H,1-4,7-8,14H2,(H,26,27). The van der Waals surface area contributed by atoms with Crippen molar-refractivity contribution in [3.05, 3.63) is 59.2 Å². The SMILES string of the molecule is O=C(O)c1ccccc1C(=O)c1ccc(NCC2CCCCCC2)cc1O. The van der Waals surface area contributed by atoms with E-state index in [1.165, 1.54) is 56.7 Å². The van der Waals surface area contributed by atoms with E-state index in [0.717, 1.165) is 12.2 Å². The van der Waals surface area contributed by atoms with Crippen molar-refractivity contribution in [3.8, 4) is 5.75 Å². The van der Waals surface area contributed by atoms with Crippen LogP contribution in [0.25, 0.3) is 0 Å². The summed E-state index contributed by atoms with van der Waals surface area (Å²) in [5.74, 6) is -1.18. The maximum atomic E-state index is 12.7. The number of carbonyl (C=O) groups excluding carboxylic acids is 1. The van der Waals surface area contributed by atoms with Gasteiger partial charge in [-0.05, 0) is 37.0 Å². The fraction of sp³-hybridized carbons (Fsp3) is 0.364. The molecule has 0 heterocycles. The minimum absolute atomic E-state index is 0.0689. The van der Waals surface area contributed by atoms with Crippen LogP contribution in [0.15, 0.2) is 42.5 Å². The zero-order valence-electron chi connectivity index (χ0n) is 15.3. The van der Waals surface area contributed by atoms with Crippen LogP contribution >= 0.6 is 0 Å². The average Bonchev–Trinajstić information content (AvgIpc) is 2.95. The van der Waals surface area contributed by atoms with Gasteiger partial charge in [0.25, 0.3) is 0 Å². The van der Waals surface area contributed by atoms with Gasteiger partial charge in [-0.1, -0.05) is 43.9 Å². The number of carbonyl (C=O) groups is 2. The molecule has 0 amide bonds. The molecule has 3 N–H and O–H groups in total. The molecular weight excluding hydrogens is 342 g/mol. The van der Waals surface area contributed by atoms with Crippen molar-refractivity contribution in [2.75, 3.05) is 11.9 Å². The molecule has 0 spiro atoms. The number of hydrogen-bond acceptors (Lipinski definition) is 4. The van der Waals surface area contributed by atoms with E-state index in [2.05, 4.69) is 5.32 Å². The van der Waals surface area contributed by atoms with Crippen molar-refractivity contribution in [3.63, 3.8) is 0 Å². The summed E-state index contributed by atoms with van der Waals surface area (Å²) in [5, 5.41) is 22.9. The molecule has 0 aliphatic heterocycles. The first-order valence-electron chi connectivity index (χ1n) is 9.50. The lowest BCUT2D eigenvalue weighted by Gasteiger charge is -2.16. The molecule has 2 aromatic carbocycles. The molecule has 1 aliphatic carbocycles. The van der Waals surface area contributed by atoms with E-state index in [4.69, 9.17) is 0 Å². The summed E-state index contributed by atoms with van der Waals surface area (Å²) in [4.78, 5) is 24.0. The molecule has 0 atom stereocenters.